The molecule has 0 aromatic heterocycles. The maximum Gasteiger partial charge on any atom is 0.306 e. The van der Waals surface area contributed by atoms with Crippen LogP contribution in [0, 0.1) is 11.8 Å². The summed E-state index contributed by atoms with van der Waals surface area (Å²) in [7, 11) is -1.74. The first kappa shape index (κ1) is 23.9. The standard InChI is InChI=1S/C24H41NO3Si/c1-17(28-29(6,7)24(3,4)5)16-25-22-14-12-21(13-15-22)20-10-8-19(9-11-20)18(2)23(26)27/h12-15,17-20,25H,8-11,16H2,1-7H3,(H,26,27)/t17-,18?,19?,20?/m1/s1. The Kier molecular flexibility index (Phi) is 7.97. The number of hydrogen-bond acceptors (Lipinski definition) is 3. The molecule has 2 atom stereocenters. The lowest BCUT2D eigenvalue weighted by Gasteiger charge is -2.38. The van der Waals surface area contributed by atoms with Crippen LogP contribution in [0.15, 0.2) is 24.3 Å². The minimum atomic E-state index is -1.74. The summed E-state index contributed by atoms with van der Waals surface area (Å²) in [6.07, 6.45) is 4.39. The first-order chi connectivity index (χ1) is 13.4. The van der Waals surface area contributed by atoms with E-state index in [1.54, 1.807) is 0 Å². The molecular weight excluding hydrogens is 378 g/mol. The quantitative estimate of drug-likeness (QED) is 0.472. The molecule has 0 radical (unpaired) electrons. The highest BCUT2D eigenvalue weighted by molar-refractivity contribution is 6.74. The summed E-state index contributed by atoms with van der Waals surface area (Å²) in [5.74, 6) is 0.00269. The van der Waals surface area contributed by atoms with Crippen molar-refractivity contribution in [3.8, 4) is 0 Å². The summed E-state index contributed by atoms with van der Waals surface area (Å²) in [5.41, 5.74) is 2.51. The molecule has 1 fully saturated rings. The van der Waals surface area contributed by atoms with Crippen LogP contribution in [0.5, 0.6) is 0 Å². The molecule has 0 aliphatic heterocycles. The Balaban J connectivity index is 1.83. The molecule has 0 bridgehead atoms. The van der Waals surface area contributed by atoms with Crippen LogP contribution in [0.1, 0.15) is 71.8 Å². The maximum atomic E-state index is 11.2. The van der Waals surface area contributed by atoms with Gasteiger partial charge in [-0.3, -0.25) is 4.79 Å². The molecule has 1 aliphatic rings. The van der Waals surface area contributed by atoms with Crippen molar-refractivity contribution in [2.24, 2.45) is 11.8 Å². The van der Waals surface area contributed by atoms with Crippen molar-refractivity contribution in [1.82, 2.24) is 0 Å². The van der Waals surface area contributed by atoms with Crippen molar-refractivity contribution in [1.29, 1.82) is 0 Å². The van der Waals surface area contributed by atoms with Gasteiger partial charge in [0.25, 0.3) is 0 Å². The van der Waals surface area contributed by atoms with Crippen LogP contribution in [0.3, 0.4) is 0 Å². The Bertz CT molecular complexity index is 658. The predicted molar refractivity (Wildman–Crippen MR) is 124 cm³/mol. The van der Waals surface area contributed by atoms with E-state index in [2.05, 4.69) is 70.4 Å². The van der Waals surface area contributed by atoms with Gasteiger partial charge >= 0.3 is 5.97 Å². The number of aliphatic carboxylic acids is 1. The molecule has 1 aromatic carbocycles. The zero-order valence-corrected chi connectivity index (χ0v) is 20.4. The molecule has 2 rings (SSSR count). The summed E-state index contributed by atoms with van der Waals surface area (Å²) >= 11 is 0. The number of hydrogen-bond donors (Lipinski definition) is 2. The Morgan fingerprint density at radius 2 is 1.69 bits per heavy atom. The van der Waals surface area contributed by atoms with Crippen LogP contribution in [0.2, 0.25) is 18.1 Å². The third-order valence-corrected chi connectivity index (χ3v) is 11.8. The summed E-state index contributed by atoms with van der Waals surface area (Å²) < 4.78 is 6.42. The molecule has 29 heavy (non-hydrogen) atoms. The van der Waals surface area contributed by atoms with Gasteiger partial charge in [-0.1, -0.05) is 39.8 Å². The van der Waals surface area contributed by atoms with Crippen LogP contribution in [-0.2, 0) is 9.22 Å². The Morgan fingerprint density at radius 1 is 1.14 bits per heavy atom. The summed E-state index contributed by atoms with van der Waals surface area (Å²) in [4.78, 5) is 11.2. The Labute approximate surface area is 178 Å². The third kappa shape index (κ3) is 6.58. The molecular formula is C24H41NO3Si. The number of anilines is 1. The fraction of sp³-hybridized carbons (Fsp3) is 0.708. The number of benzene rings is 1. The molecule has 1 aromatic rings. The summed E-state index contributed by atoms with van der Waals surface area (Å²) in [6, 6.07) is 8.79. The molecule has 0 saturated heterocycles. The normalized spacial score (nSPS) is 22.7. The first-order valence-corrected chi connectivity index (χ1v) is 14.1. The first-order valence-electron chi connectivity index (χ1n) is 11.1. The number of carboxylic acid groups (broad SMARTS) is 1. The van der Waals surface area contributed by atoms with E-state index in [-0.39, 0.29) is 17.1 Å². The van der Waals surface area contributed by atoms with Gasteiger partial charge < -0.3 is 14.8 Å². The smallest absolute Gasteiger partial charge is 0.306 e. The van der Waals surface area contributed by atoms with E-state index in [1.807, 2.05) is 6.92 Å². The molecule has 5 heteroatoms. The number of carboxylic acids is 1. The van der Waals surface area contributed by atoms with E-state index in [0.717, 1.165) is 37.9 Å². The summed E-state index contributed by atoms with van der Waals surface area (Å²) in [5, 5.41) is 13.0. The SMILES string of the molecule is CC(C(=O)O)C1CCC(c2ccc(NC[C@@H](C)O[Si](C)(C)C(C)(C)C)cc2)CC1. The summed E-state index contributed by atoms with van der Waals surface area (Å²) in [6.45, 7) is 16.2. The predicted octanol–water partition coefficient (Wildman–Crippen LogP) is 6.50. The lowest BCUT2D eigenvalue weighted by atomic mass is 9.74. The maximum absolute atomic E-state index is 11.2. The van der Waals surface area contributed by atoms with Crippen LogP contribution < -0.4 is 5.32 Å². The van der Waals surface area contributed by atoms with Gasteiger partial charge in [-0.15, -0.1) is 0 Å². The molecule has 0 amide bonds. The number of rotatable bonds is 8. The monoisotopic (exact) mass is 419 g/mol. The number of nitrogens with one attached hydrogen (secondary N) is 1. The molecule has 164 valence electrons. The molecule has 1 saturated carbocycles. The topological polar surface area (TPSA) is 58.6 Å². The molecule has 0 heterocycles. The van der Waals surface area contributed by atoms with Crippen molar-refractivity contribution in [3.63, 3.8) is 0 Å². The van der Waals surface area contributed by atoms with E-state index in [9.17, 15) is 9.90 Å². The van der Waals surface area contributed by atoms with Gasteiger partial charge in [0.2, 0.25) is 0 Å². The van der Waals surface area contributed by atoms with E-state index >= 15 is 0 Å². The Morgan fingerprint density at radius 3 is 2.17 bits per heavy atom. The van der Waals surface area contributed by atoms with E-state index in [4.69, 9.17) is 4.43 Å². The van der Waals surface area contributed by atoms with Crippen molar-refractivity contribution in [2.75, 3.05) is 11.9 Å². The van der Waals surface area contributed by atoms with Gasteiger partial charge in [-0.05, 0) is 80.3 Å². The van der Waals surface area contributed by atoms with Crippen LogP contribution in [0.25, 0.3) is 0 Å². The highest BCUT2D eigenvalue weighted by Gasteiger charge is 2.38. The zero-order chi connectivity index (χ0) is 21.8. The van der Waals surface area contributed by atoms with Crippen molar-refractivity contribution in [2.45, 2.75) is 90.5 Å². The largest absolute Gasteiger partial charge is 0.481 e. The molecule has 1 unspecified atom stereocenters. The lowest BCUT2D eigenvalue weighted by Crippen LogP contribution is -2.44. The van der Waals surface area contributed by atoms with Crippen molar-refractivity contribution in [3.05, 3.63) is 29.8 Å². The molecule has 1 aliphatic carbocycles. The van der Waals surface area contributed by atoms with E-state index < -0.39 is 14.3 Å². The number of carbonyl (C=O) groups is 1. The van der Waals surface area contributed by atoms with Crippen molar-refractivity contribution >= 4 is 20.0 Å². The van der Waals surface area contributed by atoms with Crippen molar-refractivity contribution < 1.29 is 14.3 Å². The van der Waals surface area contributed by atoms with Crippen LogP contribution in [0.4, 0.5) is 5.69 Å². The highest BCUT2D eigenvalue weighted by Crippen LogP contribution is 2.39. The average molecular weight is 420 g/mol. The van der Waals surface area contributed by atoms with Gasteiger partial charge in [-0.2, -0.15) is 0 Å². The minimum Gasteiger partial charge on any atom is -0.481 e. The third-order valence-electron chi connectivity index (χ3n) is 7.15. The zero-order valence-electron chi connectivity index (χ0n) is 19.4. The second-order valence-electron chi connectivity index (χ2n) is 10.4. The second kappa shape index (κ2) is 9.65. The lowest BCUT2D eigenvalue weighted by molar-refractivity contribution is -0.143. The molecule has 2 N–H and O–H groups in total. The fourth-order valence-corrected chi connectivity index (χ4v) is 5.45. The van der Waals surface area contributed by atoms with Crippen LogP contribution >= 0.6 is 0 Å². The van der Waals surface area contributed by atoms with Gasteiger partial charge in [-0.25, -0.2) is 0 Å². The van der Waals surface area contributed by atoms with Gasteiger partial charge in [0.15, 0.2) is 8.32 Å². The Hall–Kier alpha value is -1.33. The van der Waals surface area contributed by atoms with Gasteiger partial charge in [0.1, 0.15) is 0 Å². The van der Waals surface area contributed by atoms with E-state index in [0.29, 0.717) is 11.8 Å². The highest BCUT2D eigenvalue weighted by atomic mass is 28.4. The van der Waals surface area contributed by atoms with Gasteiger partial charge in [0.05, 0.1) is 12.0 Å². The fourth-order valence-electron chi connectivity index (χ4n) is 4.01. The molecule has 4 nitrogen and oxygen atoms in total. The minimum absolute atomic E-state index is 0.182. The second-order valence-corrected chi connectivity index (χ2v) is 15.2. The van der Waals surface area contributed by atoms with Crippen LogP contribution in [-0.4, -0.2) is 32.0 Å². The average Bonchev–Trinajstić information content (AvgIpc) is 2.65. The molecule has 0 spiro atoms. The van der Waals surface area contributed by atoms with E-state index in [1.165, 1.54) is 5.56 Å². The van der Waals surface area contributed by atoms with Gasteiger partial charge in [0, 0.05) is 12.2 Å².